The third-order valence-electron chi connectivity index (χ3n) is 2.32. The number of hydrogen-bond donors (Lipinski definition) is 1. The smallest absolute Gasteiger partial charge is 0.192 e. The zero-order valence-electron chi connectivity index (χ0n) is 10.1. The van der Waals surface area contributed by atoms with E-state index in [2.05, 4.69) is 16.0 Å². The average molecular weight is 256 g/mol. The molecule has 4 nitrogen and oxygen atoms in total. The Bertz CT molecular complexity index is 611. The van der Waals surface area contributed by atoms with Crippen LogP contribution in [-0.4, -0.2) is 9.97 Å². The lowest BCUT2D eigenvalue weighted by atomic mass is 10.2. The fourth-order valence-electron chi connectivity index (χ4n) is 1.54. The third kappa shape index (κ3) is 2.79. The molecule has 90 valence electrons. The number of nitrogens with zero attached hydrogens (tertiary/aromatic N) is 3. The Morgan fingerprint density at radius 2 is 1.83 bits per heavy atom. The van der Waals surface area contributed by atoms with Gasteiger partial charge in [0.15, 0.2) is 5.16 Å². The van der Waals surface area contributed by atoms with Crippen LogP contribution in [0.1, 0.15) is 17.0 Å². The molecule has 1 heterocycles. The summed E-state index contributed by atoms with van der Waals surface area (Å²) in [6, 6.07) is 9.33. The van der Waals surface area contributed by atoms with Gasteiger partial charge in [0.1, 0.15) is 6.07 Å². The minimum Gasteiger partial charge on any atom is -0.398 e. The molecule has 18 heavy (non-hydrogen) atoms. The number of anilines is 1. The van der Waals surface area contributed by atoms with Crippen molar-refractivity contribution in [2.24, 2.45) is 0 Å². The van der Waals surface area contributed by atoms with Gasteiger partial charge < -0.3 is 5.73 Å². The van der Waals surface area contributed by atoms with Crippen LogP contribution in [0, 0.1) is 25.2 Å². The van der Waals surface area contributed by atoms with Crippen LogP contribution in [0.15, 0.2) is 34.3 Å². The molecule has 0 radical (unpaired) electrons. The number of nitrogen functional groups attached to an aromatic ring is 1. The molecule has 2 rings (SSSR count). The number of nitriles is 1. The maximum atomic E-state index is 8.93. The van der Waals surface area contributed by atoms with Crippen molar-refractivity contribution < 1.29 is 0 Å². The Morgan fingerprint density at radius 1 is 1.17 bits per heavy atom. The number of hydrogen-bond acceptors (Lipinski definition) is 5. The molecule has 0 saturated heterocycles. The number of aromatic nitrogens is 2. The number of rotatable bonds is 2. The van der Waals surface area contributed by atoms with Crippen molar-refractivity contribution in [2.75, 3.05) is 5.73 Å². The highest BCUT2D eigenvalue weighted by atomic mass is 32.2. The molecular weight excluding hydrogens is 244 g/mol. The van der Waals surface area contributed by atoms with Gasteiger partial charge in [-0.05, 0) is 49.9 Å². The second-order valence-corrected chi connectivity index (χ2v) is 4.94. The molecule has 2 aromatic rings. The Hall–Kier alpha value is -2.06. The lowest BCUT2D eigenvalue weighted by Gasteiger charge is -2.04. The number of nitrogens with two attached hydrogens (primary N) is 1. The molecular formula is C13H12N4S. The summed E-state index contributed by atoms with van der Waals surface area (Å²) in [7, 11) is 0. The molecule has 0 saturated carbocycles. The van der Waals surface area contributed by atoms with Crippen LogP contribution >= 0.6 is 11.8 Å². The average Bonchev–Trinajstić information content (AvgIpc) is 2.30. The van der Waals surface area contributed by atoms with E-state index in [0.717, 1.165) is 16.3 Å². The lowest BCUT2D eigenvalue weighted by molar-refractivity contribution is 0.902. The molecule has 0 bridgehead atoms. The highest BCUT2D eigenvalue weighted by molar-refractivity contribution is 7.99. The first kappa shape index (κ1) is 12.4. The molecule has 0 aliphatic rings. The minimum atomic E-state index is 0.476. The van der Waals surface area contributed by atoms with Gasteiger partial charge in [0.2, 0.25) is 0 Å². The lowest BCUT2D eigenvalue weighted by Crippen LogP contribution is -1.93. The Labute approximate surface area is 110 Å². The topological polar surface area (TPSA) is 75.6 Å². The third-order valence-corrected chi connectivity index (χ3v) is 3.17. The van der Waals surface area contributed by atoms with Gasteiger partial charge in [-0.3, -0.25) is 0 Å². The van der Waals surface area contributed by atoms with E-state index < -0.39 is 0 Å². The van der Waals surface area contributed by atoms with Gasteiger partial charge in [0.05, 0.1) is 5.56 Å². The molecule has 0 fully saturated rings. The second kappa shape index (κ2) is 5.07. The summed E-state index contributed by atoms with van der Waals surface area (Å²) >= 11 is 1.43. The largest absolute Gasteiger partial charge is 0.398 e. The maximum absolute atomic E-state index is 8.93. The van der Waals surface area contributed by atoms with Crippen LogP contribution in [0.4, 0.5) is 5.69 Å². The predicted molar refractivity (Wildman–Crippen MR) is 71.2 cm³/mol. The molecule has 0 atom stereocenters. The standard InChI is InChI=1S/C13H12N4S/c1-8-5-9(2)17-13(16-8)18-11-3-4-12(15)10(6-11)7-14/h3-6H,15H2,1-2H3. The highest BCUT2D eigenvalue weighted by Crippen LogP contribution is 2.27. The van der Waals surface area contributed by atoms with E-state index in [-0.39, 0.29) is 0 Å². The van der Waals surface area contributed by atoms with Gasteiger partial charge in [-0.2, -0.15) is 5.26 Å². The molecule has 2 N–H and O–H groups in total. The van der Waals surface area contributed by atoms with Gasteiger partial charge in [-0.25, -0.2) is 9.97 Å². The number of benzene rings is 1. The van der Waals surface area contributed by atoms with Crippen LogP contribution in [-0.2, 0) is 0 Å². The SMILES string of the molecule is Cc1cc(C)nc(Sc2ccc(N)c(C#N)c2)n1. The Morgan fingerprint density at radius 3 is 2.44 bits per heavy atom. The van der Waals surface area contributed by atoms with Crippen molar-refractivity contribution in [3.63, 3.8) is 0 Å². The summed E-state index contributed by atoms with van der Waals surface area (Å²) in [5, 5.41) is 9.61. The molecule has 0 unspecified atom stereocenters. The maximum Gasteiger partial charge on any atom is 0.192 e. The van der Waals surface area contributed by atoms with Gasteiger partial charge in [-0.1, -0.05) is 0 Å². The van der Waals surface area contributed by atoms with E-state index in [1.165, 1.54) is 11.8 Å². The van der Waals surface area contributed by atoms with Crippen molar-refractivity contribution in [2.45, 2.75) is 23.9 Å². The fourth-order valence-corrected chi connectivity index (χ4v) is 2.44. The summed E-state index contributed by atoms with van der Waals surface area (Å²) in [5.74, 6) is 0. The molecule has 1 aromatic heterocycles. The summed E-state index contributed by atoms with van der Waals surface area (Å²) in [6.07, 6.45) is 0. The summed E-state index contributed by atoms with van der Waals surface area (Å²) < 4.78 is 0. The second-order valence-electron chi connectivity index (χ2n) is 3.90. The van der Waals surface area contributed by atoms with Crippen LogP contribution in [0.2, 0.25) is 0 Å². The molecule has 0 aliphatic carbocycles. The van der Waals surface area contributed by atoms with Crippen LogP contribution in [0.25, 0.3) is 0 Å². The molecule has 0 spiro atoms. The normalized spacial score (nSPS) is 10.1. The Balaban J connectivity index is 2.31. The summed E-state index contributed by atoms with van der Waals surface area (Å²) in [6.45, 7) is 3.87. The molecule has 0 aliphatic heterocycles. The zero-order valence-corrected chi connectivity index (χ0v) is 11.0. The quantitative estimate of drug-likeness (QED) is 0.660. The van der Waals surface area contributed by atoms with E-state index in [1.54, 1.807) is 12.1 Å². The van der Waals surface area contributed by atoms with E-state index in [0.29, 0.717) is 16.4 Å². The minimum absolute atomic E-state index is 0.476. The first-order chi connectivity index (χ1) is 8.58. The molecule has 0 amide bonds. The van der Waals surface area contributed by atoms with E-state index in [1.807, 2.05) is 26.0 Å². The van der Waals surface area contributed by atoms with Crippen molar-refractivity contribution in [1.82, 2.24) is 9.97 Å². The van der Waals surface area contributed by atoms with Gasteiger partial charge in [-0.15, -0.1) is 0 Å². The fraction of sp³-hybridized carbons (Fsp3) is 0.154. The van der Waals surface area contributed by atoms with Crippen LogP contribution in [0.3, 0.4) is 0 Å². The van der Waals surface area contributed by atoms with Crippen molar-refractivity contribution >= 4 is 17.4 Å². The monoisotopic (exact) mass is 256 g/mol. The van der Waals surface area contributed by atoms with Gasteiger partial charge >= 0.3 is 0 Å². The van der Waals surface area contributed by atoms with E-state index >= 15 is 0 Å². The summed E-state index contributed by atoms with van der Waals surface area (Å²) in [4.78, 5) is 9.60. The number of aryl methyl sites for hydroxylation is 2. The van der Waals surface area contributed by atoms with Gasteiger partial charge in [0.25, 0.3) is 0 Å². The zero-order chi connectivity index (χ0) is 13.1. The highest BCUT2D eigenvalue weighted by Gasteiger charge is 2.05. The van der Waals surface area contributed by atoms with Crippen molar-refractivity contribution in [1.29, 1.82) is 5.26 Å². The van der Waals surface area contributed by atoms with E-state index in [9.17, 15) is 0 Å². The Kier molecular flexibility index (Phi) is 3.49. The predicted octanol–water partition coefficient (Wildman–Crippen LogP) is 2.70. The van der Waals surface area contributed by atoms with Crippen molar-refractivity contribution in [3.8, 4) is 6.07 Å². The first-order valence-electron chi connectivity index (χ1n) is 5.38. The molecule has 5 heteroatoms. The molecule has 1 aromatic carbocycles. The first-order valence-corrected chi connectivity index (χ1v) is 6.20. The summed E-state index contributed by atoms with van der Waals surface area (Å²) in [5.41, 5.74) is 8.51. The van der Waals surface area contributed by atoms with Crippen LogP contribution < -0.4 is 5.73 Å². The van der Waals surface area contributed by atoms with Gasteiger partial charge in [0, 0.05) is 22.0 Å². The van der Waals surface area contributed by atoms with Crippen LogP contribution in [0.5, 0.6) is 0 Å². The van der Waals surface area contributed by atoms with E-state index in [4.69, 9.17) is 11.0 Å². The van der Waals surface area contributed by atoms with Crippen molar-refractivity contribution in [3.05, 3.63) is 41.2 Å².